The molecule has 0 aliphatic carbocycles. The van der Waals surface area contributed by atoms with Crippen molar-refractivity contribution in [2.45, 2.75) is 11.8 Å². The van der Waals surface area contributed by atoms with Crippen molar-refractivity contribution in [1.82, 2.24) is 0 Å². The van der Waals surface area contributed by atoms with Crippen LogP contribution in [0.3, 0.4) is 0 Å². The maximum absolute atomic E-state index is 12.1. The van der Waals surface area contributed by atoms with Gasteiger partial charge in [-0.3, -0.25) is 4.79 Å². The third kappa shape index (κ3) is 3.78. The van der Waals surface area contributed by atoms with E-state index in [0.717, 1.165) is 10.6 Å². The molecule has 104 valence electrons. The average molecular weight is 286 g/mol. The van der Waals surface area contributed by atoms with E-state index in [4.69, 9.17) is 5.73 Å². The molecule has 4 heteroatoms. The van der Waals surface area contributed by atoms with E-state index in [2.05, 4.69) is 19.1 Å². The fourth-order valence-corrected chi connectivity index (χ4v) is 2.53. The molecular weight excluding hydrogens is 268 g/mol. The smallest absolute Gasteiger partial charge is 0.237 e. The van der Waals surface area contributed by atoms with Crippen molar-refractivity contribution < 1.29 is 4.79 Å². The molecule has 20 heavy (non-hydrogen) atoms. The summed E-state index contributed by atoms with van der Waals surface area (Å²) in [6.45, 7) is 2.05. The van der Waals surface area contributed by atoms with E-state index < -0.39 is 0 Å². The van der Waals surface area contributed by atoms with Crippen LogP contribution < -0.4 is 10.6 Å². The number of rotatable bonds is 4. The average Bonchev–Trinajstić information content (AvgIpc) is 2.46. The predicted molar refractivity (Wildman–Crippen MR) is 86.2 cm³/mol. The number of carbonyl (C=O) groups is 1. The van der Waals surface area contributed by atoms with Crippen molar-refractivity contribution in [3.8, 4) is 0 Å². The Hall–Kier alpha value is -1.94. The Morgan fingerprint density at radius 1 is 1.10 bits per heavy atom. The Balaban J connectivity index is 1.94. The first-order valence-corrected chi connectivity index (χ1v) is 7.36. The van der Waals surface area contributed by atoms with Gasteiger partial charge in [-0.2, -0.15) is 0 Å². The summed E-state index contributed by atoms with van der Waals surface area (Å²) in [7, 11) is 1.78. The van der Waals surface area contributed by atoms with Gasteiger partial charge >= 0.3 is 0 Å². The quantitative estimate of drug-likeness (QED) is 0.692. The molecule has 0 unspecified atom stereocenters. The van der Waals surface area contributed by atoms with E-state index in [1.807, 2.05) is 24.3 Å². The molecule has 0 fully saturated rings. The zero-order chi connectivity index (χ0) is 14.5. The molecule has 0 aliphatic heterocycles. The third-order valence-electron chi connectivity index (χ3n) is 3.04. The van der Waals surface area contributed by atoms with Crippen molar-refractivity contribution in [1.29, 1.82) is 0 Å². The van der Waals surface area contributed by atoms with Crippen molar-refractivity contribution in [3.63, 3.8) is 0 Å². The molecule has 0 aliphatic rings. The number of thioether (sulfide) groups is 1. The first-order valence-electron chi connectivity index (χ1n) is 6.38. The van der Waals surface area contributed by atoms with Gasteiger partial charge in [-0.15, -0.1) is 11.8 Å². The van der Waals surface area contributed by atoms with Crippen LogP contribution in [0.15, 0.2) is 53.4 Å². The van der Waals surface area contributed by atoms with E-state index in [1.54, 1.807) is 35.8 Å². The second-order valence-corrected chi connectivity index (χ2v) is 5.69. The summed E-state index contributed by atoms with van der Waals surface area (Å²) in [6.07, 6.45) is 0. The summed E-state index contributed by atoms with van der Waals surface area (Å²) in [5.41, 5.74) is 8.42. The number of amides is 1. The van der Waals surface area contributed by atoms with Crippen LogP contribution in [0.25, 0.3) is 0 Å². The van der Waals surface area contributed by atoms with Crippen molar-refractivity contribution >= 4 is 29.0 Å². The van der Waals surface area contributed by atoms with Crippen LogP contribution in [0.5, 0.6) is 0 Å². The number of hydrogen-bond acceptors (Lipinski definition) is 3. The standard InChI is InChI=1S/C16H18N2OS/c1-12-3-9-15(10-4-12)20-11-16(19)18(2)14-7-5-13(17)6-8-14/h3-10H,11,17H2,1-2H3. The molecule has 2 N–H and O–H groups in total. The number of nitrogens with two attached hydrogens (primary N) is 1. The van der Waals surface area contributed by atoms with E-state index in [9.17, 15) is 4.79 Å². The Morgan fingerprint density at radius 3 is 2.30 bits per heavy atom. The Bertz CT molecular complexity index is 578. The molecule has 0 spiro atoms. The number of hydrogen-bond donors (Lipinski definition) is 1. The number of benzene rings is 2. The second-order valence-electron chi connectivity index (χ2n) is 4.65. The van der Waals surface area contributed by atoms with Crippen LogP contribution in [-0.2, 0) is 4.79 Å². The molecule has 2 aromatic carbocycles. The lowest BCUT2D eigenvalue weighted by molar-refractivity contribution is -0.115. The minimum absolute atomic E-state index is 0.0698. The molecule has 0 bridgehead atoms. The number of aryl methyl sites for hydroxylation is 1. The predicted octanol–water partition coefficient (Wildman–Crippen LogP) is 3.33. The minimum Gasteiger partial charge on any atom is -0.399 e. The summed E-state index contributed by atoms with van der Waals surface area (Å²) in [4.78, 5) is 14.9. The molecule has 1 amide bonds. The molecule has 2 aromatic rings. The van der Waals surface area contributed by atoms with Gasteiger partial charge in [0.05, 0.1) is 5.75 Å². The van der Waals surface area contributed by atoms with Crippen molar-refractivity contribution in [2.75, 3.05) is 23.4 Å². The Morgan fingerprint density at radius 2 is 1.70 bits per heavy atom. The number of anilines is 2. The van der Waals surface area contributed by atoms with E-state index in [-0.39, 0.29) is 5.91 Å². The topological polar surface area (TPSA) is 46.3 Å². The highest BCUT2D eigenvalue weighted by atomic mass is 32.2. The van der Waals surface area contributed by atoms with Crippen LogP contribution in [0.1, 0.15) is 5.56 Å². The molecule has 0 atom stereocenters. The van der Waals surface area contributed by atoms with Crippen LogP contribution in [0, 0.1) is 6.92 Å². The van der Waals surface area contributed by atoms with Crippen molar-refractivity contribution in [3.05, 3.63) is 54.1 Å². The first-order chi connectivity index (χ1) is 9.56. The van der Waals surface area contributed by atoms with Gasteiger partial charge in [-0.05, 0) is 43.3 Å². The minimum atomic E-state index is 0.0698. The first kappa shape index (κ1) is 14.5. The largest absolute Gasteiger partial charge is 0.399 e. The van der Waals surface area contributed by atoms with E-state index in [0.29, 0.717) is 11.4 Å². The third-order valence-corrected chi connectivity index (χ3v) is 4.03. The summed E-state index contributed by atoms with van der Waals surface area (Å²) in [5, 5.41) is 0. The fraction of sp³-hybridized carbons (Fsp3) is 0.188. The van der Waals surface area contributed by atoms with Crippen LogP contribution >= 0.6 is 11.8 Å². The normalized spacial score (nSPS) is 10.3. The molecule has 2 rings (SSSR count). The summed E-state index contributed by atoms with van der Waals surface area (Å²) in [5.74, 6) is 0.490. The van der Waals surface area contributed by atoms with Gasteiger partial charge in [-0.25, -0.2) is 0 Å². The molecule has 0 aromatic heterocycles. The van der Waals surface area contributed by atoms with Crippen molar-refractivity contribution in [2.24, 2.45) is 0 Å². The van der Waals surface area contributed by atoms with Gasteiger partial charge in [0.15, 0.2) is 0 Å². The molecule has 0 heterocycles. The molecule has 3 nitrogen and oxygen atoms in total. The van der Waals surface area contributed by atoms with Crippen LogP contribution in [0.4, 0.5) is 11.4 Å². The highest BCUT2D eigenvalue weighted by Crippen LogP contribution is 2.21. The molecular formula is C16H18N2OS. The summed E-state index contributed by atoms with van der Waals surface area (Å²) >= 11 is 1.55. The van der Waals surface area contributed by atoms with Gasteiger partial charge in [0, 0.05) is 23.3 Å². The highest BCUT2D eigenvalue weighted by molar-refractivity contribution is 8.00. The number of carbonyl (C=O) groups excluding carboxylic acids is 1. The summed E-state index contributed by atoms with van der Waals surface area (Å²) in [6, 6.07) is 15.5. The highest BCUT2D eigenvalue weighted by Gasteiger charge is 2.11. The number of nitrogens with zero attached hydrogens (tertiary/aromatic N) is 1. The fourth-order valence-electron chi connectivity index (χ4n) is 1.72. The van der Waals surface area contributed by atoms with Gasteiger partial charge in [0.25, 0.3) is 0 Å². The van der Waals surface area contributed by atoms with Gasteiger partial charge in [-0.1, -0.05) is 17.7 Å². The lowest BCUT2D eigenvalue weighted by Gasteiger charge is -2.17. The SMILES string of the molecule is Cc1ccc(SCC(=O)N(C)c2ccc(N)cc2)cc1. The van der Waals surface area contributed by atoms with Gasteiger partial charge < -0.3 is 10.6 Å². The van der Waals surface area contributed by atoms with Crippen LogP contribution in [-0.4, -0.2) is 18.7 Å². The zero-order valence-electron chi connectivity index (χ0n) is 11.7. The summed E-state index contributed by atoms with van der Waals surface area (Å²) < 4.78 is 0. The Kier molecular flexibility index (Phi) is 4.69. The van der Waals surface area contributed by atoms with Gasteiger partial charge in [0.1, 0.15) is 0 Å². The second kappa shape index (κ2) is 6.48. The lowest BCUT2D eigenvalue weighted by Crippen LogP contribution is -2.27. The Labute approximate surface area is 123 Å². The maximum Gasteiger partial charge on any atom is 0.237 e. The zero-order valence-corrected chi connectivity index (χ0v) is 12.5. The lowest BCUT2D eigenvalue weighted by atomic mass is 10.2. The molecule has 0 radical (unpaired) electrons. The van der Waals surface area contributed by atoms with Gasteiger partial charge in [0.2, 0.25) is 5.91 Å². The maximum atomic E-state index is 12.1. The molecule has 0 saturated heterocycles. The number of nitrogen functional groups attached to an aromatic ring is 1. The monoisotopic (exact) mass is 286 g/mol. The van der Waals surface area contributed by atoms with E-state index >= 15 is 0 Å². The van der Waals surface area contributed by atoms with E-state index in [1.165, 1.54) is 5.56 Å². The molecule has 0 saturated carbocycles. The van der Waals surface area contributed by atoms with Crippen LogP contribution in [0.2, 0.25) is 0 Å².